The van der Waals surface area contributed by atoms with Crippen LogP contribution in [0, 0.1) is 12.7 Å². The Morgan fingerprint density at radius 1 is 1.14 bits per heavy atom. The van der Waals surface area contributed by atoms with E-state index in [0.717, 1.165) is 24.3 Å². The quantitative estimate of drug-likeness (QED) is 0.808. The van der Waals surface area contributed by atoms with Crippen molar-refractivity contribution >= 4 is 0 Å². The summed E-state index contributed by atoms with van der Waals surface area (Å²) >= 11 is 0. The molecular weight excluding hydrogens is 265 g/mol. The molecule has 0 saturated carbocycles. The lowest BCUT2D eigenvalue weighted by Gasteiger charge is -2.14. The maximum absolute atomic E-state index is 13.2. The van der Waals surface area contributed by atoms with Crippen LogP contribution in [-0.4, -0.2) is 6.54 Å². The number of aryl methyl sites for hydroxylation is 1. The minimum Gasteiger partial charge on any atom is -0.457 e. The van der Waals surface area contributed by atoms with Crippen molar-refractivity contribution < 1.29 is 9.13 Å². The van der Waals surface area contributed by atoms with Crippen molar-refractivity contribution in [2.75, 3.05) is 6.54 Å². The molecule has 0 aliphatic rings. The first kappa shape index (κ1) is 15.5. The Balaban J connectivity index is 2.07. The molecule has 2 aromatic rings. The van der Waals surface area contributed by atoms with Crippen molar-refractivity contribution in [1.82, 2.24) is 5.32 Å². The van der Waals surface area contributed by atoms with Crippen LogP contribution < -0.4 is 10.1 Å². The molecule has 0 amide bonds. The molecule has 0 bridgehead atoms. The van der Waals surface area contributed by atoms with Gasteiger partial charge >= 0.3 is 0 Å². The van der Waals surface area contributed by atoms with Gasteiger partial charge in [0.1, 0.15) is 17.3 Å². The summed E-state index contributed by atoms with van der Waals surface area (Å²) in [7, 11) is 0. The maximum Gasteiger partial charge on any atom is 0.133 e. The second-order valence-electron chi connectivity index (χ2n) is 5.26. The van der Waals surface area contributed by atoms with Gasteiger partial charge in [0.15, 0.2) is 0 Å². The Kier molecular flexibility index (Phi) is 5.34. The molecule has 0 saturated heterocycles. The van der Waals surface area contributed by atoms with Gasteiger partial charge in [-0.05, 0) is 56.1 Å². The molecule has 3 heteroatoms. The minimum atomic E-state index is -0.287. The highest BCUT2D eigenvalue weighted by molar-refractivity contribution is 5.38. The van der Waals surface area contributed by atoms with Crippen LogP contribution in [0.5, 0.6) is 11.5 Å². The highest BCUT2D eigenvalue weighted by Crippen LogP contribution is 2.26. The van der Waals surface area contributed by atoms with E-state index in [1.165, 1.54) is 17.7 Å². The second-order valence-corrected chi connectivity index (χ2v) is 5.26. The zero-order chi connectivity index (χ0) is 15.2. The van der Waals surface area contributed by atoms with Gasteiger partial charge in [0.25, 0.3) is 0 Å². The fourth-order valence-electron chi connectivity index (χ4n) is 2.11. The van der Waals surface area contributed by atoms with Crippen molar-refractivity contribution in [1.29, 1.82) is 0 Å². The van der Waals surface area contributed by atoms with Gasteiger partial charge in [-0.25, -0.2) is 4.39 Å². The van der Waals surface area contributed by atoms with Crippen molar-refractivity contribution in [3.63, 3.8) is 0 Å². The number of halogens is 1. The molecule has 0 aliphatic carbocycles. The molecule has 0 radical (unpaired) electrons. The molecule has 112 valence electrons. The normalized spacial score (nSPS) is 12.2. The lowest BCUT2D eigenvalue weighted by atomic mass is 10.1. The number of benzene rings is 2. The second kappa shape index (κ2) is 7.23. The Morgan fingerprint density at radius 3 is 2.52 bits per heavy atom. The van der Waals surface area contributed by atoms with Crippen LogP contribution in [0.3, 0.4) is 0 Å². The standard InChI is InChI=1S/C18H22FNO/c1-4-11-20-14(3)15-6-9-17(10-7-15)21-18-12-16(19)8-5-13(18)2/h5-10,12,14,20H,4,11H2,1-3H3. The van der Waals surface area contributed by atoms with Crippen molar-refractivity contribution in [3.05, 3.63) is 59.4 Å². The van der Waals surface area contributed by atoms with Gasteiger partial charge < -0.3 is 10.1 Å². The summed E-state index contributed by atoms with van der Waals surface area (Å²) in [5.41, 5.74) is 2.13. The zero-order valence-corrected chi connectivity index (χ0v) is 12.8. The molecule has 1 unspecified atom stereocenters. The van der Waals surface area contributed by atoms with Crippen LogP contribution >= 0.6 is 0 Å². The number of hydrogen-bond acceptors (Lipinski definition) is 2. The summed E-state index contributed by atoms with van der Waals surface area (Å²) in [5, 5.41) is 3.44. The summed E-state index contributed by atoms with van der Waals surface area (Å²) in [4.78, 5) is 0. The van der Waals surface area contributed by atoms with E-state index >= 15 is 0 Å². The number of rotatable bonds is 6. The number of nitrogens with one attached hydrogen (secondary N) is 1. The number of hydrogen-bond donors (Lipinski definition) is 1. The predicted molar refractivity (Wildman–Crippen MR) is 84.4 cm³/mol. The van der Waals surface area contributed by atoms with Crippen LogP contribution in [0.4, 0.5) is 4.39 Å². The summed E-state index contributed by atoms with van der Waals surface area (Å²) in [5.74, 6) is 0.986. The molecule has 21 heavy (non-hydrogen) atoms. The van der Waals surface area contributed by atoms with E-state index in [0.29, 0.717) is 11.8 Å². The van der Waals surface area contributed by atoms with E-state index in [-0.39, 0.29) is 5.82 Å². The average molecular weight is 287 g/mol. The smallest absolute Gasteiger partial charge is 0.133 e. The summed E-state index contributed by atoms with van der Waals surface area (Å²) in [6, 6.07) is 12.8. The van der Waals surface area contributed by atoms with E-state index < -0.39 is 0 Å². The highest BCUT2D eigenvalue weighted by atomic mass is 19.1. The molecule has 2 nitrogen and oxygen atoms in total. The molecule has 2 rings (SSSR count). The lowest BCUT2D eigenvalue weighted by Crippen LogP contribution is -2.19. The lowest BCUT2D eigenvalue weighted by molar-refractivity contribution is 0.472. The molecule has 0 aromatic heterocycles. The van der Waals surface area contributed by atoms with Gasteiger partial charge in [0, 0.05) is 12.1 Å². The van der Waals surface area contributed by atoms with Crippen LogP contribution in [0.15, 0.2) is 42.5 Å². The summed E-state index contributed by atoms with van der Waals surface area (Å²) in [6.45, 7) is 7.20. The molecule has 0 heterocycles. The van der Waals surface area contributed by atoms with Crippen LogP contribution in [0.2, 0.25) is 0 Å². The van der Waals surface area contributed by atoms with Gasteiger partial charge in [-0.3, -0.25) is 0 Å². The Hall–Kier alpha value is -1.87. The molecule has 1 atom stereocenters. The first-order valence-electron chi connectivity index (χ1n) is 7.37. The monoisotopic (exact) mass is 287 g/mol. The maximum atomic E-state index is 13.2. The van der Waals surface area contributed by atoms with Crippen LogP contribution in [0.25, 0.3) is 0 Å². The molecule has 0 fully saturated rings. The zero-order valence-electron chi connectivity index (χ0n) is 12.8. The van der Waals surface area contributed by atoms with Gasteiger partial charge in [-0.2, -0.15) is 0 Å². The third-order valence-electron chi connectivity index (χ3n) is 3.46. The first-order valence-corrected chi connectivity index (χ1v) is 7.37. The summed E-state index contributed by atoms with van der Waals surface area (Å²) < 4.78 is 19.0. The Bertz CT molecular complexity index is 580. The third-order valence-corrected chi connectivity index (χ3v) is 3.46. The van der Waals surface area contributed by atoms with Gasteiger partial charge in [-0.15, -0.1) is 0 Å². The summed E-state index contributed by atoms with van der Waals surface area (Å²) in [6.07, 6.45) is 1.12. The van der Waals surface area contributed by atoms with Crippen LogP contribution in [-0.2, 0) is 0 Å². The van der Waals surface area contributed by atoms with E-state index in [4.69, 9.17) is 4.74 Å². The highest BCUT2D eigenvalue weighted by Gasteiger charge is 2.06. The van der Waals surface area contributed by atoms with E-state index in [1.54, 1.807) is 6.07 Å². The van der Waals surface area contributed by atoms with E-state index in [9.17, 15) is 4.39 Å². The van der Waals surface area contributed by atoms with Crippen molar-refractivity contribution in [2.45, 2.75) is 33.2 Å². The van der Waals surface area contributed by atoms with E-state index in [1.807, 2.05) is 31.2 Å². The minimum absolute atomic E-state index is 0.287. The molecule has 2 aromatic carbocycles. The van der Waals surface area contributed by atoms with E-state index in [2.05, 4.69) is 19.2 Å². The predicted octanol–water partition coefficient (Wildman–Crippen LogP) is 4.99. The fourth-order valence-corrected chi connectivity index (χ4v) is 2.11. The largest absolute Gasteiger partial charge is 0.457 e. The molecule has 1 N–H and O–H groups in total. The number of ether oxygens (including phenoxy) is 1. The van der Waals surface area contributed by atoms with Crippen molar-refractivity contribution in [3.8, 4) is 11.5 Å². The third kappa shape index (κ3) is 4.30. The van der Waals surface area contributed by atoms with Gasteiger partial charge in [0.05, 0.1) is 0 Å². The Morgan fingerprint density at radius 2 is 1.86 bits per heavy atom. The molecule has 0 spiro atoms. The first-order chi connectivity index (χ1) is 10.1. The van der Waals surface area contributed by atoms with Gasteiger partial charge in [0.2, 0.25) is 0 Å². The molecule has 0 aliphatic heterocycles. The SMILES string of the molecule is CCCNC(C)c1ccc(Oc2cc(F)ccc2C)cc1. The van der Waals surface area contributed by atoms with Crippen molar-refractivity contribution in [2.24, 2.45) is 0 Å². The fraction of sp³-hybridized carbons (Fsp3) is 0.333. The topological polar surface area (TPSA) is 21.3 Å². The average Bonchev–Trinajstić information content (AvgIpc) is 2.49. The molecular formula is C18H22FNO. The van der Waals surface area contributed by atoms with Gasteiger partial charge in [-0.1, -0.05) is 25.1 Å². The Labute approximate surface area is 126 Å². The van der Waals surface area contributed by atoms with Crippen LogP contribution in [0.1, 0.15) is 37.4 Å².